The molecule has 0 spiro atoms. The van der Waals surface area contributed by atoms with E-state index in [4.69, 9.17) is 28.4 Å². The first-order chi connectivity index (χ1) is 31.3. The normalized spacial score (nSPS) is 51.8. The van der Waals surface area contributed by atoms with Crippen LogP contribution in [0.4, 0.5) is 0 Å². The molecular weight excluding hydrogens is 881 g/mol. The molecule has 0 bridgehead atoms. The summed E-state index contributed by atoms with van der Waals surface area (Å²) in [5, 5.41) is 129. The van der Waals surface area contributed by atoms with Crippen molar-refractivity contribution in [2.24, 2.45) is 45.3 Å². The van der Waals surface area contributed by atoms with E-state index in [1.54, 1.807) is 6.92 Å². The second-order valence-electron chi connectivity index (χ2n) is 22.8. The molecule has 0 aromatic carbocycles. The molecule has 0 aromatic rings. The van der Waals surface area contributed by atoms with Crippen LogP contribution in [0, 0.1) is 45.3 Å². The molecule has 0 radical (unpaired) electrons. The fourth-order valence-corrected chi connectivity index (χ4v) is 14.8. The van der Waals surface area contributed by atoms with Crippen LogP contribution < -0.4 is 0 Å². The second kappa shape index (κ2) is 19.6. The fourth-order valence-electron chi connectivity index (χ4n) is 14.8. The average Bonchev–Trinajstić information content (AvgIpc) is 3.67. The van der Waals surface area contributed by atoms with Gasteiger partial charge in [0.05, 0.1) is 37.6 Å². The number of fused-ring (bicyclic) bond motifs is 5. The zero-order chi connectivity index (χ0) is 49.5. The lowest BCUT2D eigenvalue weighted by molar-refractivity contribution is -0.378. The highest BCUT2D eigenvalue weighted by Crippen LogP contribution is 2.76. The van der Waals surface area contributed by atoms with Gasteiger partial charge in [-0.15, -0.1) is 0 Å². The summed E-state index contributed by atoms with van der Waals surface area (Å²) >= 11 is 0. The van der Waals surface area contributed by atoms with Crippen LogP contribution in [0.1, 0.15) is 106 Å². The highest BCUT2D eigenvalue weighted by molar-refractivity contribution is 5.94. The Bertz CT molecular complexity index is 1750. The van der Waals surface area contributed by atoms with E-state index in [0.717, 1.165) is 19.3 Å². The van der Waals surface area contributed by atoms with Crippen molar-refractivity contribution in [3.05, 3.63) is 12.2 Å². The van der Waals surface area contributed by atoms with Crippen molar-refractivity contribution in [1.82, 2.24) is 0 Å². The van der Waals surface area contributed by atoms with Gasteiger partial charge in [-0.05, 0) is 116 Å². The summed E-state index contributed by atoms with van der Waals surface area (Å²) in [5.74, 6) is -0.705. The summed E-state index contributed by atoms with van der Waals surface area (Å²) < 4.78 is 37.0. The van der Waals surface area contributed by atoms with Gasteiger partial charge in [0.2, 0.25) is 0 Å². The first kappa shape index (κ1) is 53.5. The molecule has 7 rings (SSSR count). The zero-order valence-electron chi connectivity index (χ0n) is 40.0. The van der Waals surface area contributed by atoms with Gasteiger partial charge in [0.25, 0.3) is 0 Å². The fraction of sp³-hybridized carbons (Fsp3) is 0.938. The van der Waals surface area contributed by atoms with E-state index in [9.17, 15) is 66.1 Å². The Hall–Kier alpha value is -1.31. The van der Waals surface area contributed by atoms with E-state index < -0.39 is 141 Å². The number of aliphatic hydroxyl groups is 12. The molecular formula is C48H80O19. The highest BCUT2D eigenvalue weighted by Gasteiger charge is 2.72. The van der Waals surface area contributed by atoms with Crippen LogP contribution in [-0.2, 0) is 33.2 Å². The summed E-state index contributed by atoms with van der Waals surface area (Å²) in [6, 6.07) is 0. The van der Waals surface area contributed by atoms with Crippen LogP contribution in [0.25, 0.3) is 0 Å². The predicted molar refractivity (Wildman–Crippen MR) is 234 cm³/mol. The molecule has 67 heavy (non-hydrogen) atoms. The standard InChI is InChI=1S/C48H80O19/c1-21(2)23(52)10-16-48(8,67-42-39(61)36(58)33(55)26(19-50)63-42)22-9-14-47(7)31(22)24(53)17-29-45(5)13-12-30(44(3,4)28(45)11-15-46(29,47)6)65-43-40(37(59)34(56)27(20-51)64-43)66-41-38(60)35(57)32(54)25(18-49)62-41/h22,24-43,49-51,53-61H,1,9-20H2,2-8H3. The number of hydrogen-bond acceptors (Lipinski definition) is 19. The van der Waals surface area contributed by atoms with Crippen LogP contribution in [0.2, 0.25) is 0 Å². The van der Waals surface area contributed by atoms with Crippen molar-refractivity contribution < 1.29 is 94.5 Å². The van der Waals surface area contributed by atoms with Crippen molar-refractivity contribution in [3.63, 3.8) is 0 Å². The topological polar surface area (TPSA) is 315 Å². The minimum atomic E-state index is -1.81. The number of Topliss-reactive ketones (excluding diaryl/α,β-unsaturated/α-hetero) is 1. The number of ketones is 1. The van der Waals surface area contributed by atoms with Crippen molar-refractivity contribution in [3.8, 4) is 0 Å². The third kappa shape index (κ3) is 8.93. The summed E-state index contributed by atoms with van der Waals surface area (Å²) in [6.45, 7) is 16.5. The van der Waals surface area contributed by atoms with E-state index in [-0.39, 0.29) is 53.1 Å². The van der Waals surface area contributed by atoms with Crippen LogP contribution >= 0.6 is 0 Å². The van der Waals surface area contributed by atoms with Gasteiger partial charge in [-0.2, -0.15) is 0 Å². The molecule has 7 aliphatic rings. The quantitative estimate of drug-likeness (QED) is 0.0746. The van der Waals surface area contributed by atoms with Crippen molar-refractivity contribution >= 4 is 5.78 Å². The lowest BCUT2D eigenvalue weighted by atomic mass is 9.35. The number of aliphatic hydroxyl groups excluding tert-OH is 12. The van der Waals surface area contributed by atoms with Crippen LogP contribution in [-0.4, -0.2) is 197 Å². The maximum absolute atomic E-state index is 13.1. The molecule has 0 aromatic heterocycles. The Kier molecular flexibility index (Phi) is 15.7. The summed E-state index contributed by atoms with van der Waals surface area (Å²) in [4.78, 5) is 13.1. The van der Waals surface area contributed by atoms with Crippen LogP contribution in [0.3, 0.4) is 0 Å². The molecule has 7 fully saturated rings. The third-order valence-corrected chi connectivity index (χ3v) is 18.9. The van der Waals surface area contributed by atoms with E-state index in [1.807, 2.05) is 6.92 Å². The number of rotatable bonds is 14. The first-order valence-electron chi connectivity index (χ1n) is 24.3. The molecule has 4 aliphatic carbocycles. The molecule has 3 aliphatic heterocycles. The van der Waals surface area contributed by atoms with Gasteiger partial charge in [-0.25, -0.2) is 0 Å². The maximum Gasteiger partial charge on any atom is 0.187 e. The molecule has 12 N–H and O–H groups in total. The Balaban J connectivity index is 1.13. The number of allylic oxidation sites excluding steroid dienone is 1. The molecule has 3 saturated heterocycles. The summed E-state index contributed by atoms with van der Waals surface area (Å²) in [7, 11) is 0. The van der Waals surface area contributed by atoms with Crippen molar-refractivity contribution in [2.75, 3.05) is 19.8 Å². The molecule has 3 heterocycles. The number of ether oxygens (including phenoxy) is 6. The second-order valence-corrected chi connectivity index (χ2v) is 22.8. The summed E-state index contributed by atoms with van der Waals surface area (Å²) in [6.07, 6.45) is -19.7. The molecule has 4 saturated carbocycles. The van der Waals surface area contributed by atoms with Gasteiger partial charge in [0.1, 0.15) is 73.2 Å². The molecule has 0 amide bonds. The van der Waals surface area contributed by atoms with E-state index >= 15 is 0 Å². The highest BCUT2D eigenvalue weighted by atomic mass is 16.8. The van der Waals surface area contributed by atoms with Gasteiger partial charge in [-0.1, -0.05) is 41.2 Å². The van der Waals surface area contributed by atoms with Crippen LogP contribution in [0.5, 0.6) is 0 Å². The maximum atomic E-state index is 13.1. The molecule has 386 valence electrons. The number of hydrogen-bond donors (Lipinski definition) is 12. The molecule has 19 heteroatoms. The Morgan fingerprint density at radius 1 is 0.642 bits per heavy atom. The number of carbonyl (C=O) groups excluding carboxylic acids is 1. The summed E-state index contributed by atoms with van der Waals surface area (Å²) in [5.41, 5.74) is -2.37. The molecule has 25 unspecified atom stereocenters. The zero-order valence-corrected chi connectivity index (χ0v) is 40.0. The SMILES string of the molecule is C=C(C)C(=O)CCC(C)(OC1OC(CO)C(O)C(O)C1O)C1CCC2(C)C1C(O)CC1C3(C)CCC(OC4OC(CO)C(O)C(O)C4OC4OC(CO)C(O)C(O)C4O)C(C)(C)C3CCC12C. The lowest BCUT2D eigenvalue weighted by Crippen LogP contribution is -2.68. The van der Waals surface area contributed by atoms with E-state index in [2.05, 4.69) is 41.2 Å². The monoisotopic (exact) mass is 961 g/mol. The Labute approximate surface area is 393 Å². The largest absolute Gasteiger partial charge is 0.394 e. The Morgan fingerprint density at radius 3 is 1.73 bits per heavy atom. The van der Waals surface area contributed by atoms with Crippen LogP contribution in [0.15, 0.2) is 12.2 Å². The van der Waals surface area contributed by atoms with Gasteiger partial charge < -0.3 is 89.7 Å². The number of carbonyl (C=O) groups is 1. The van der Waals surface area contributed by atoms with E-state index in [1.165, 1.54) is 0 Å². The van der Waals surface area contributed by atoms with E-state index in [0.29, 0.717) is 31.3 Å². The molecule has 25 atom stereocenters. The predicted octanol–water partition coefficient (Wildman–Crippen LogP) is -0.848. The van der Waals surface area contributed by atoms with Gasteiger partial charge in [0.15, 0.2) is 24.7 Å². The van der Waals surface area contributed by atoms with Crippen molar-refractivity contribution in [2.45, 2.75) is 216 Å². The average molecular weight is 961 g/mol. The Morgan fingerprint density at radius 2 is 1.16 bits per heavy atom. The minimum absolute atomic E-state index is 0.0422. The van der Waals surface area contributed by atoms with Gasteiger partial charge in [-0.3, -0.25) is 4.79 Å². The third-order valence-electron chi connectivity index (χ3n) is 18.9. The lowest BCUT2D eigenvalue weighted by Gasteiger charge is -2.71. The van der Waals surface area contributed by atoms with Gasteiger partial charge >= 0.3 is 0 Å². The minimum Gasteiger partial charge on any atom is -0.394 e. The smallest absolute Gasteiger partial charge is 0.187 e. The molecule has 19 nitrogen and oxygen atoms in total. The van der Waals surface area contributed by atoms with Gasteiger partial charge in [0, 0.05) is 6.42 Å². The van der Waals surface area contributed by atoms with Crippen molar-refractivity contribution in [1.29, 1.82) is 0 Å². The first-order valence-corrected chi connectivity index (χ1v) is 24.3.